The minimum Gasteiger partial charge on any atom is -0.491 e. The van der Waals surface area contributed by atoms with E-state index in [0.717, 1.165) is 5.56 Å². The minimum atomic E-state index is -1.19. The molecular weight excluding hydrogens is 346 g/mol. The molecule has 0 spiro atoms. The molecule has 3 rings (SSSR count). The maximum atomic E-state index is 11.7. The van der Waals surface area contributed by atoms with E-state index in [9.17, 15) is 9.90 Å². The van der Waals surface area contributed by atoms with Crippen molar-refractivity contribution in [1.29, 1.82) is 0 Å². The highest BCUT2D eigenvalue weighted by Crippen LogP contribution is 2.41. The van der Waals surface area contributed by atoms with Gasteiger partial charge in [-0.3, -0.25) is 4.79 Å². The second-order valence-corrected chi connectivity index (χ2v) is 6.34. The highest BCUT2D eigenvalue weighted by Gasteiger charge is 2.48. The normalized spacial score (nSPS) is 18.5. The van der Waals surface area contributed by atoms with Gasteiger partial charge in [-0.15, -0.1) is 0 Å². The van der Waals surface area contributed by atoms with E-state index in [0.29, 0.717) is 27.8 Å². The SMILES string of the molecule is COCC1(C(=O)O)COc2cc(OCc3ccc(Cl)cc3N)ccc21. The molecule has 2 aromatic rings. The molecule has 3 N–H and O–H groups in total. The molecule has 0 aromatic heterocycles. The van der Waals surface area contributed by atoms with E-state index in [-0.39, 0.29) is 19.8 Å². The number of fused-ring (bicyclic) bond motifs is 1. The molecule has 2 aromatic carbocycles. The summed E-state index contributed by atoms with van der Waals surface area (Å²) in [7, 11) is 1.47. The molecule has 1 atom stereocenters. The minimum absolute atomic E-state index is 0.0269. The van der Waals surface area contributed by atoms with E-state index in [1.165, 1.54) is 7.11 Å². The van der Waals surface area contributed by atoms with Crippen LogP contribution in [0.1, 0.15) is 11.1 Å². The van der Waals surface area contributed by atoms with Crippen LogP contribution in [-0.2, 0) is 21.6 Å². The smallest absolute Gasteiger partial charge is 0.320 e. The lowest BCUT2D eigenvalue weighted by Crippen LogP contribution is -2.41. The standard InChI is InChI=1S/C18H18ClNO5/c1-23-9-18(17(21)22)10-25-16-7-13(4-5-14(16)18)24-8-11-2-3-12(19)6-15(11)20/h2-7H,8-10,20H2,1H3,(H,21,22). The van der Waals surface area contributed by atoms with Crippen LogP contribution in [0.3, 0.4) is 0 Å². The lowest BCUT2D eigenvalue weighted by atomic mass is 9.83. The summed E-state index contributed by atoms with van der Waals surface area (Å²) < 4.78 is 16.4. The highest BCUT2D eigenvalue weighted by atomic mass is 35.5. The molecule has 0 radical (unpaired) electrons. The second-order valence-electron chi connectivity index (χ2n) is 5.90. The number of ether oxygens (including phenoxy) is 3. The summed E-state index contributed by atoms with van der Waals surface area (Å²) in [5.41, 5.74) is 6.66. The fourth-order valence-corrected chi connectivity index (χ4v) is 3.03. The molecule has 25 heavy (non-hydrogen) atoms. The third kappa shape index (κ3) is 3.23. The molecule has 0 fully saturated rings. The van der Waals surface area contributed by atoms with Gasteiger partial charge in [0, 0.05) is 35.0 Å². The average molecular weight is 364 g/mol. The molecule has 7 heteroatoms. The summed E-state index contributed by atoms with van der Waals surface area (Å²) in [6.07, 6.45) is 0. The summed E-state index contributed by atoms with van der Waals surface area (Å²) in [6, 6.07) is 10.3. The topological polar surface area (TPSA) is 91.0 Å². The summed E-state index contributed by atoms with van der Waals surface area (Å²) in [4.78, 5) is 11.7. The van der Waals surface area contributed by atoms with Crippen LogP contribution in [0.2, 0.25) is 5.02 Å². The van der Waals surface area contributed by atoms with E-state index in [4.69, 9.17) is 31.5 Å². The highest BCUT2D eigenvalue weighted by molar-refractivity contribution is 6.30. The number of carboxylic acids is 1. The molecular formula is C18H18ClNO5. The van der Waals surface area contributed by atoms with E-state index >= 15 is 0 Å². The van der Waals surface area contributed by atoms with Gasteiger partial charge < -0.3 is 25.1 Å². The fourth-order valence-electron chi connectivity index (χ4n) is 2.85. The monoisotopic (exact) mass is 363 g/mol. The van der Waals surface area contributed by atoms with Crippen molar-refractivity contribution in [3.8, 4) is 11.5 Å². The molecule has 1 aliphatic heterocycles. The predicted octanol–water partition coefficient (Wildman–Crippen LogP) is 2.86. The summed E-state index contributed by atoms with van der Waals surface area (Å²) >= 11 is 5.88. The van der Waals surface area contributed by atoms with Crippen molar-refractivity contribution in [2.75, 3.05) is 26.1 Å². The number of rotatable bonds is 6. The molecule has 6 nitrogen and oxygen atoms in total. The first kappa shape index (κ1) is 17.4. The zero-order valence-corrected chi connectivity index (χ0v) is 14.4. The van der Waals surface area contributed by atoms with Crippen molar-refractivity contribution in [2.45, 2.75) is 12.0 Å². The quantitative estimate of drug-likeness (QED) is 0.767. The number of hydrogen-bond donors (Lipinski definition) is 2. The largest absolute Gasteiger partial charge is 0.491 e. The Morgan fingerprint density at radius 2 is 2.16 bits per heavy atom. The average Bonchev–Trinajstić information content (AvgIpc) is 2.94. The van der Waals surface area contributed by atoms with E-state index in [1.807, 2.05) is 0 Å². The number of hydrogen-bond acceptors (Lipinski definition) is 5. The molecule has 0 saturated carbocycles. The van der Waals surface area contributed by atoms with Gasteiger partial charge in [0.1, 0.15) is 24.7 Å². The summed E-state index contributed by atoms with van der Waals surface area (Å²) in [6.45, 7) is 0.333. The number of methoxy groups -OCH3 is 1. The van der Waals surface area contributed by atoms with Gasteiger partial charge in [-0.05, 0) is 18.2 Å². The molecule has 0 bridgehead atoms. The zero-order valence-electron chi connectivity index (χ0n) is 13.6. The Kier molecular flexibility index (Phi) is 4.74. The Hall–Kier alpha value is -2.44. The van der Waals surface area contributed by atoms with Crippen molar-refractivity contribution in [3.05, 3.63) is 52.5 Å². The van der Waals surface area contributed by atoms with Crippen LogP contribution >= 0.6 is 11.6 Å². The van der Waals surface area contributed by atoms with Crippen LogP contribution < -0.4 is 15.2 Å². The molecule has 1 unspecified atom stereocenters. The van der Waals surface area contributed by atoms with Crippen molar-refractivity contribution >= 4 is 23.3 Å². The second kappa shape index (κ2) is 6.82. The Balaban J connectivity index is 1.79. The van der Waals surface area contributed by atoms with Crippen LogP contribution in [-0.4, -0.2) is 31.4 Å². The van der Waals surface area contributed by atoms with Gasteiger partial charge in [0.15, 0.2) is 5.41 Å². The Morgan fingerprint density at radius 3 is 2.84 bits per heavy atom. The number of halogens is 1. The first-order valence-electron chi connectivity index (χ1n) is 7.62. The number of aliphatic carboxylic acids is 1. The molecule has 1 heterocycles. The number of nitrogens with two attached hydrogens (primary N) is 1. The first-order valence-corrected chi connectivity index (χ1v) is 8.00. The third-order valence-corrected chi connectivity index (χ3v) is 4.48. The first-order chi connectivity index (χ1) is 12.0. The van der Waals surface area contributed by atoms with Crippen molar-refractivity contribution < 1.29 is 24.1 Å². The molecule has 0 amide bonds. The van der Waals surface area contributed by atoms with E-state index in [1.54, 1.807) is 36.4 Å². The molecule has 132 valence electrons. The molecule has 0 aliphatic carbocycles. The maximum absolute atomic E-state index is 11.7. The Bertz CT molecular complexity index is 810. The number of benzene rings is 2. The number of carboxylic acid groups (broad SMARTS) is 1. The Morgan fingerprint density at radius 1 is 1.36 bits per heavy atom. The number of anilines is 1. The van der Waals surface area contributed by atoms with Gasteiger partial charge >= 0.3 is 5.97 Å². The zero-order chi connectivity index (χ0) is 18.0. The summed E-state index contributed by atoms with van der Waals surface area (Å²) in [5, 5.41) is 10.2. The van der Waals surface area contributed by atoms with Crippen LogP contribution in [0.5, 0.6) is 11.5 Å². The molecule has 1 aliphatic rings. The van der Waals surface area contributed by atoms with Crippen LogP contribution in [0.25, 0.3) is 0 Å². The van der Waals surface area contributed by atoms with Crippen molar-refractivity contribution in [2.24, 2.45) is 0 Å². The van der Waals surface area contributed by atoms with Gasteiger partial charge in [0.25, 0.3) is 0 Å². The predicted molar refractivity (Wildman–Crippen MR) is 93.3 cm³/mol. The van der Waals surface area contributed by atoms with Crippen LogP contribution in [0.15, 0.2) is 36.4 Å². The van der Waals surface area contributed by atoms with E-state index < -0.39 is 11.4 Å². The van der Waals surface area contributed by atoms with Crippen LogP contribution in [0.4, 0.5) is 5.69 Å². The Labute approximate surface area is 150 Å². The van der Waals surface area contributed by atoms with Gasteiger partial charge in [-0.1, -0.05) is 23.7 Å². The van der Waals surface area contributed by atoms with Crippen molar-refractivity contribution in [1.82, 2.24) is 0 Å². The maximum Gasteiger partial charge on any atom is 0.320 e. The number of carbonyl (C=O) groups is 1. The van der Waals surface area contributed by atoms with Gasteiger partial charge in [-0.2, -0.15) is 0 Å². The lowest BCUT2D eigenvalue weighted by Gasteiger charge is -2.21. The molecule has 0 saturated heterocycles. The van der Waals surface area contributed by atoms with Crippen LogP contribution in [0, 0.1) is 0 Å². The third-order valence-electron chi connectivity index (χ3n) is 4.25. The van der Waals surface area contributed by atoms with Gasteiger partial charge in [0.05, 0.1) is 6.61 Å². The van der Waals surface area contributed by atoms with E-state index in [2.05, 4.69) is 0 Å². The van der Waals surface area contributed by atoms with Gasteiger partial charge in [0.2, 0.25) is 0 Å². The van der Waals surface area contributed by atoms with Gasteiger partial charge in [-0.25, -0.2) is 0 Å². The van der Waals surface area contributed by atoms with Crippen molar-refractivity contribution in [3.63, 3.8) is 0 Å². The number of nitrogen functional groups attached to an aromatic ring is 1. The lowest BCUT2D eigenvalue weighted by molar-refractivity contribution is -0.146. The fraction of sp³-hybridized carbons (Fsp3) is 0.278. The summed E-state index contributed by atoms with van der Waals surface area (Å²) in [5.74, 6) is 0.0726.